The van der Waals surface area contributed by atoms with Crippen molar-refractivity contribution in [3.8, 4) is 17.2 Å². The minimum absolute atomic E-state index is 0.0652. The monoisotopic (exact) mass is 383 g/mol. The van der Waals surface area contributed by atoms with Gasteiger partial charge in [0.2, 0.25) is 0 Å². The highest BCUT2D eigenvalue weighted by Crippen LogP contribution is 2.43. The molecule has 0 fully saturated rings. The maximum atomic E-state index is 12.8. The number of nitrogens with zero attached hydrogens (tertiary/aromatic N) is 1. The molecule has 120 valence electrons. The van der Waals surface area contributed by atoms with Crippen LogP contribution in [0, 0.1) is 17.2 Å². The maximum absolute atomic E-state index is 12.8. The summed E-state index contributed by atoms with van der Waals surface area (Å²) in [4.78, 5) is 13.4. The number of Topliss-reactive ketones (excluding diaryl/α,β-unsaturated/α-hetero) is 1. The van der Waals surface area contributed by atoms with Crippen molar-refractivity contribution >= 4 is 52.1 Å². The van der Waals surface area contributed by atoms with Gasteiger partial charge in [-0.3, -0.25) is 4.79 Å². The standard InChI is InChI=1S/C17H15Cl2NOS2/c1-4-9(2)15(21)16-14(11(8-20)17(22-3)23-16)10-5-6-12(18)13(19)7-10/h5-7,9H,4H2,1-3H3. The molecule has 0 saturated carbocycles. The quantitative estimate of drug-likeness (QED) is 0.434. The molecule has 1 atom stereocenters. The van der Waals surface area contributed by atoms with E-state index in [0.717, 1.165) is 16.2 Å². The summed E-state index contributed by atoms with van der Waals surface area (Å²) in [6.45, 7) is 3.89. The second-order valence-corrected chi connectivity index (χ2v) is 8.00. The Morgan fingerprint density at radius 1 is 1.39 bits per heavy atom. The first kappa shape index (κ1) is 18.4. The van der Waals surface area contributed by atoms with Gasteiger partial charge >= 0.3 is 0 Å². The fraction of sp³-hybridized carbons (Fsp3) is 0.294. The van der Waals surface area contributed by atoms with Gasteiger partial charge in [-0.05, 0) is 30.4 Å². The number of halogens is 2. The number of ketones is 1. The van der Waals surface area contributed by atoms with Crippen molar-refractivity contribution in [1.29, 1.82) is 5.26 Å². The molecule has 0 aliphatic rings. The Hall–Kier alpha value is -0.990. The first-order valence-electron chi connectivity index (χ1n) is 7.05. The smallest absolute Gasteiger partial charge is 0.176 e. The van der Waals surface area contributed by atoms with Crippen LogP contribution < -0.4 is 0 Å². The van der Waals surface area contributed by atoms with Gasteiger partial charge in [0, 0.05) is 11.5 Å². The second-order valence-electron chi connectivity index (χ2n) is 5.09. The van der Waals surface area contributed by atoms with Crippen LogP contribution >= 0.6 is 46.3 Å². The van der Waals surface area contributed by atoms with E-state index < -0.39 is 0 Å². The van der Waals surface area contributed by atoms with Gasteiger partial charge in [-0.25, -0.2) is 0 Å². The van der Waals surface area contributed by atoms with Gasteiger partial charge in [-0.2, -0.15) is 5.26 Å². The fourth-order valence-electron chi connectivity index (χ4n) is 2.17. The van der Waals surface area contributed by atoms with Gasteiger partial charge in [0.05, 0.1) is 24.7 Å². The maximum Gasteiger partial charge on any atom is 0.176 e. The van der Waals surface area contributed by atoms with Crippen LogP contribution in [0.3, 0.4) is 0 Å². The molecule has 2 rings (SSSR count). The van der Waals surface area contributed by atoms with Crippen molar-refractivity contribution in [2.24, 2.45) is 5.92 Å². The van der Waals surface area contributed by atoms with Crippen LogP contribution in [0.5, 0.6) is 0 Å². The molecule has 0 aliphatic heterocycles. The van der Waals surface area contributed by atoms with Crippen LogP contribution in [0.2, 0.25) is 10.0 Å². The molecule has 2 nitrogen and oxygen atoms in total. The molecule has 0 saturated heterocycles. The number of hydrogen-bond donors (Lipinski definition) is 0. The van der Waals surface area contributed by atoms with Crippen molar-refractivity contribution in [2.75, 3.05) is 6.26 Å². The van der Waals surface area contributed by atoms with Gasteiger partial charge in [-0.15, -0.1) is 23.1 Å². The Bertz CT molecular complexity index is 793. The van der Waals surface area contributed by atoms with E-state index in [2.05, 4.69) is 6.07 Å². The lowest BCUT2D eigenvalue weighted by Gasteiger charge is -2.09. The molecule has 23 heavy (non-hydrogen) atoms. The molecule has 1 aromatic heterocycles. The first-order chi connectivity index (χ1) is 10.9. The van der Waals surface area contributed by atoms with E-state index in [1.165, 1.54) is 23.1 Å². The van der Waals surface area contributed by atoms with Crippen molar-refractivity contribution in [1.82, 2.24) is 0 Å². The molecular weight excluding hydrogens is 369 g/mol. The van der Waals surface area contributed by atoms with Crippen LogP contribution in [0.4, 0.5) is 0 Å². The highest BCUT2D eigenvalue weighted by molar-refractivity contribution is 8.00. The predicted molar refractivity (Wildman–Crippen MR) is 100 cm³/mol. The van der Waals surface area contributed by atoms with Crippen molar-refractivity contribution in [2.45, 2.75) is 24.5 Å². The Labute approximate surface area is 154 Å². The lowest BCUT2D eigenvalue weighted by molar-refractivity contribution is 0.0932. The van der Waals surface area contributed by atoms with Crippen LogP contribution in [0.15, 0.2) is 22.4 Å². The molecule has 1 aromatic carbocycles. The van der Waals surface area contributed by atoms with Gasteiger partial charge in [0.1, 0.15) is 6.07 Å². The molecule has 1 heterocycles. The zero-order valence-corrected chi connectivity index (χ0v) is 16.1. The molecular formula is C17H15Cl2NOS2. The molecule has 0 spiro atoms. The number of rotatable bonds is 5. The number of carbonyl (C=O) groups is 1. The highest BCUT2D eigenvalue weighted by atomic mass is 35.5. The third kappa shape index (κ3) is 3.59. The van der Waals surface area contributed by atoms with E-state index >= 15 is 0 Å². The van der Waals surface area contributed by atoms with Crippen LogP contribution in [0.25, 0.3) is 11.1 Å². The van der Waals surface area contributed by atoms with Gasteiger partial charge < -0.3 is 0 Å². The first-order valence-corrected chi connectivity index (χ1v) is 9.84. The van der Waals surface area contributed by atoms with Crippen LogP contribution in [0.1, 0.15) is 35.5 Å². The number of hydrogen-bond acceptors (Lipinski definition) is 4. The Kier molecular flexibility index (Phi) is 6.16. The van der Waals surface area contributed by atoms with E-state index in [-0.39, 0.29) is 11.7 Å². The molecule has 0 aliphatic carbocycles. The van der Waals surface area contributed by atoms with Crippen LogP contribution in [-0.2, 0) is 0 Å². The lowest BCUT2D eigenvalue weighted by Crippen LogP contribution is -2.09. The third-order valence-corrected chi connectivity index (χ3v) is 6.73. The summed E-state index contributed by atoms with van der Waals surface area (Å²) >= 11 is 15.0. The van der Waals surface area contributed by atoms with Crippen LogP contribution in [-0.4, -0.2) is 12.0 Å². The number of carbonyl (C=O) groups excluding carboxylic acids is 1. The number of nitriles is 1. The average molecular weight is 384 g/mol. The minimum Gasteiger partial charge on any atom is -0.293 e. The van der Waals surface area contributed by atoms with Gasteiger partial charge in [0.15, 0.2) is 5.78 Å². The molecule has 2 aromatic rings. The summed E-state index contributed by atoms with van der Waals surface area (Å²) in [5.74, 6) is -0.0215. The highest BCUT2D eigenvalue weighted by Gasteiger charge is 2.26. The molecule has 0 amide bonds. The molecule has 6 heteroatoms. The van der Waals surface area contributed by atoms with E-state index in [9.17, 15) is 10.1 Å². The Morgan fingerprint density at radius 2 is 2.09 bits per heavy atom. The number of benzene rings is 1. The fourth-order valence-corrected chi connectivity index (χ4v) is 4.46. The Balaban J connectivity index is 2.73. The van der Waals surface area contributed by atoms with Gasteiger partial charge in [0.25, 0.3) is 0 Å². The summed E-state index contributed by atoms with van der Waals surface area (Å²) in [6.07, 6.45) is 2.66. The van der Waals surface area contributed by atoms with E-state index in [4.69, 9.17) is 23.2 Å². The predicted octanol–water partition coefficient (Wildman–Crippen LogP) is 6.54. The van der Waals surface area contributed by atoms with E-state index in [1.807, 2.05) is 20.1 Å². The molecule has 1 unspecified atom stereocenters. The van der Waals surface area contributed by atoms with E-state index in [1.54, 1.807) is 18.2 Å². The Morgan fingerprint density at radius 3 is 2.61 bits per heavy atom. The molecule has 0 N–H and O–H groups in total. The number of thioether (sulfide) groups is 1. The third-order valence-electron chi connectivity index (χ3n) is 3.67. The molecule has 0 bridgehead atoms. The topological polar surface area (TPSA) is 40.9 Å². The SMILES string of the molecule is CCC(C)C(=O)c1sc(SC)c(C#N)c1-c1ccc(Cl)c(Cl)c1. The molecule has 0 radical (unpaired) electrons. The average Bonchev–Trinajstić information content (AvgIpc) is 2.94. The van der Waals surface area contributed by atoms with Crippen molar-refractivity contribution < 1.29 is 4.79 Å². The zero-order valence-electron chi connectivity index (χ0n) is 12.9. The summed E-state index contributed by atoms with van der Waals surface area (Å²) in [7, 11) is 0. The summed E-state index contributed by atoms with van der Waals surface area (Å²) < 4.78 is 0.847. The van der Waals surface area contributed by atoms with Crippen molar-refractivity contribution in [3.05, 3.63) is 38.7 Å². The van der Waals surface area contributed by atoms with E-state index in [0.29, 0.717) is 26.0 Å². The van der Waals surface area contributed by atoms with Gasteiger partial charge in [-0.1, -0.05) is 43.1 Å². The summed E-state index contributed by atoms with van der Waals surface area (Å²) in [5, 5.41) is 10.4. The zero-order chi connectivity index (χ0) is 17.1. The largest absolute Gasteiger partial charge is 0.293 e. The van der Waals surface area contributed by atoms with Crippen molar-refractivity contribution in [3.63, 3.8) is 0 Å². The lowest BCUT2D eigenvalue weighted by atomic mass is 9.95. The summed E-state index contributed by atoms with van der Waals surface area (Å²) in [5.41, 5.74) is 1.96. The second kappa shape index (κ2) is 7.72. The number of thiophene rings is 1. The minimum atomic E-state index is -0.0866. The summed E-state index contributed by atoms with van der Waals surface area (Å²) in [6, 6.07) is 7.44. The normalized spacial score (nSPS) is 12.0.